The average molecular weight is 375 g/mol. The van der Waals surface area contributed by atoms with E-state index < -0.39 is 11.6 Å². The van der Waals surface area contributed by atoms with Crippen LogP contribution in [-0.4, -0.2) is 86.1 Å². The lowest BCUT2D eigenvalue weighted by molar-refractivity contribution is -0.928. The quantitative estimate of drug-likeness (QED) is 0.614. The summed E-state index contributed by atoms with van der Waals surface area (Å²) in [4.78, 5) is 15.3. The standard InChI is InChI=1S/C21H31N2O4/c1-23-11-7-17(8-12-23)19(15-23)27-20(24)21(25,18-5-3-2-4-6-18)16-22-9-13-26-14-10-22/h2-6,17,19,25H,7-16H2,1H3/q+1. The number of ether oxygens (including phenoxy) is 2. The summed E-state index contributed by atoms with van der Waals surface area (Å²) in [6.45, 7) is 6.10. The first-order valence-corrected chi connectivity index (χ1v) is 10.1. The highest BCUT2D eigenvalue weighted by Gasteiger charge is 2.49. The number of morpholine rings is 1. The fraction of sp³-hybridized carbons (Fsp3) is 0.667. The normalized spacial score (nSPS) is 33.4. The lowest BCUT2D eigenvalue weighted by Crippen LogP contribution is -2.63. The van der Waals surface area contributed by atoms with E-state index in [0.717, 1.165) is 37.0 Å². The Bertz CT molecular complexity index is 653. The van der Waals surface area contributed by atoms with Crippen LogP contribution in [0.4, 0.5) is 0 Å². The molecule has 0 aliphatic carbocycles. The highest BCUT2D eigenvalue weighted by molar-refractivity contribution is 5.81. The van der Waals surface area contributed by atoms with E-state index in [0.29, 0.717) is 37.8 Å². The summed E-state index contributed by atoms with van der Waals surface area (Å²) in [5.74, 6) is -0.0807. The van der Waals surface area contributed by atoms with Gasteiger partial charge in [-0.3, -0.25) is 4.90 Å². The monoisotopic (exact) mass is 375 g/mol. The van der Waals surface area contributed by atoms with E-state index >= 15 is 0 Å². The van der Waals surface area contributed by atoms with Gasteiger partial charge in [-0.05, 0) is 5.56 Å². The van der Waals surface area contributed by atoms with Crippen LogP contribution in [0.1, 0.15) is 18.4 Å². The van der Waals surface area contributed by atoms with E-state index in [4.69, 9.17) is 9.47 Å². The topological polar surface area (TPSA) is 59.0 Å². The molecule has 2 bridgehead atoms. The molecule has 27 heavy (non-hydrogen) atoms. The van der Waals surface area contributed by atoms with Crippen LogP contribution in [0.5, 0.6) is 0 Å². The minimum atomic E-state index is -1.65. The molecule has 0 amide bonds. The Kier molecular flexibility index (Phi) is 5.25. The highest BCUT2D eigenvalue weighted by Crippen LogP contribution is 2.35. The molecule has 2 unspecified atom stereocenters. The van der Waals surface area contributed by atoms with Crippen LogP contribution in [0.3, 0.4) is 0 Å². The highest BCUT2D eigenvalue weighted by atomic mass is 16.6. The van der Waals surface area contributed by atoms with Gasteiger partial charge in [0.1, 0.15) is 6.54 Å². The number of esters is 1. The summed E-state index contributed by atoms with van der Waals surface area (Å²) < 4.78 is 12.4. The Morgan fingerprint density at radius 1 is 1.26 bits per heavy atom. The largest absolute Gasteiger partial charge is 0.454 e. The van der Waals surface area contributed by atoms with Gasteiger partial charge < -0.3 is 19.1 Å². The van der Waals surface area contributed by atoms with Crippen molar-refractivity contribution in [2.75, 3.05) is 59.5 Å². The van der Waals surface area contributed by atoms with Crippen molar-refractivity contribution in [2.45, 2.75) is 24.5 Å². The van der Waals surface area contributed by atoms with Crippen LogP contribution in [-0.2, 0) is 19.9 Å². The molecule has 4 aliphatic rings. The Labute approximate surface area is 161 Å². The second-order valence-electron chi connectivity index (χ2n) is 8.65. The lowest BCUT2D eigenvalue weighted by Gasteiger charge is -2.50. The van der Waals surface area contributed by atoms with Crippen molar-refractivity contribution in [3.63, 3.8) is 0 Å². The number of β-amino-alcohol motifs (C(OH)–C–C–N with tert-alkyl or cyclic N) is 1. The Morgan fingerprint density at radius 3 is 2.56 bits per heavy atom. The molecule has 1 N–H and O–H groups in total. The minimum Gasteiger partial charge on any atom is -0.454 e. The van der Waals surface area contributed by atoms with Crippen LogP contribution >= 0.6 is 0 Å². The Hall–Kier alpha value is -1.47. The van der Waals surface area contributed by atoms with Crippen LogP contribution in [0, 0.1) is 5.92 Å². The number of likely N-dealkylation sites (N-methyl/N-ethyl adjacent to an activating group) is 1. The predicted molar refractivity (Wildman–Crippen MR) is 101 cm³/mol. The first-order chi connectivity index (χ1) is 13.0. The van der Waals surface area contributed by atoms with Crippen molar-refractivity contribution in [1.82, 2.24) is 4.90 Å². The summed E-state index contributed by atoms with van der Waals surface area (Å²) in [6.07, 6.45) is 2.11. The van der Waals surface area contributed by atoms with Gasteiger partial charge in [0.15, 0.2) is 11.7 Å². The van der Waals surface area contributed by atoms with Gasteiger partial charge >= 0.3 is 5.97 Å². The molecule has 2 atom stereocenters. The molecule has 0 aromatic heterocycles. The van der Waals surface area contributed by atoms with Crippen molar-refractivity contribution in [3.8, 4) is 0 Å². The average Bonchev–Trinajstić information content (AvgIpc) is 2.69. The smallest absolute Gasteiger partial charge is 0.344 e. The van der Waals surface area contributed by atoms with Crippen LogP contribution in [0.2, 0.25) is 0 Å². The van der Waals surface area contributed by atoms with Crippen molar-refractivity contribution >= 4 is 5.97 Å². The lowest BCUT2D eigenvalue weighted by atomic mass is 9.83. The zero-order chi connectivity index (χ0) is 18.9. The first kappa shape index (κ1) is 18.9. The summed E-state index contributed by atoms with van der Waals surface area (Å²) in [5, 5.41) is 11.5. The maximum absolute atomic E-state index is 13.3. The number of aliphatic hydroxyl groups is 1. The zero-order valence-corrected chi connectivity index (χ0v) is 16.2. The van der Waals surface area contributed by atoms with Gasteiger partial charge in [0.05, 0.1) is 33.4 Å². The fourth-order valence-corrected chi connectivity index (χ4v) is 4.79. The molecule has 1 aromatic rings. The van der Waals surface area contributed by atoms with Crippen LogP contribution in [0.25, 0.3) is 0 Å². The van der Waals surface area contributed by atoms with Crippen LogP contribution in [0.15, 0.2) is 30.3 Å². The van der Waals surface area contributed by atoms with Crippen molar-refractivity contribution < 1.29 is 23.9 Å². The van der Waals surface area contributed by atoms with E-state index in [1.54, 1.807) is 0 Å². The minimum absolute atomic E-state index is 0.0927. The maximum atomic E-state index is 13.3. The third-order valence-corrected chi connectivity index (χ3v) is 6.63. The number of carbonyl (C=O) groups is 1. The van der Waals surface area contributed by atoms with Gasteiger partial charge in [0, 0.05) is 38.4 Å². The number of piperidine rings is 3. The molecule has 6 nitrogen and oxygen atoms in total. The molecule has 4 saturated heterocycles. The Balaban J connectivity index is 1.53. The van der Waals surface area contributed by atoms with Gasteiger partial charge in [-0.2, -0.15) is 0 Å². The van der Waals surface area contributed by atoms with E-state index in [1.807, 2.05) is 30.3 Å². The molecule has 6 heteroatoms. The first-order valence-electron chi connectivity index (χ1n) is 10.1. The summed E-state index contributed by atoms with van der Waals surface area (Å²) >= 11 is 0. The number of quaternary nitrogens is 1. The molecule has 0 saturated carbocycles. The van der Waals surface area contributed by atoms with E-state index in [-0.39, 0.29) is 12.6 Å². The molecule has 4 fully saturated rings. The predicted octanol–water partition coefficient (Wildman–Crippen LogP) is 0.988. The molecule has 148 valence electrons. The number of carbonyl (C=O) groups excluding carboxylic acids is 1. The molecule has 1 aromatic carbocycles. The molecule has 0 radical (unpaired) electrons. The number of nitrogens with zero attached hydrogens (tertiary/aromatic N) is 2. The maximum Gasteiger partial charge on any atom is 0.344 e. The summed E-state index contributed by atoms with van der Waals surface area (Å²) in [6, 6.07) is 9.22. The van der Waals surface area contributed by atoms with Crippen molar-refractivity contribution in [2.24, 2.45) is 5.92 Å². The molecule has 4 aliphatic heterocycles. The van der Waals surface area contributed by atoms with Gasteiger partial charge in [0.2, 0.25) is 0 Å². The van der Waals surface area contributed by atoms with Gasteiger partial charge in [0.25, 0.3) is 0 Å². The zero-order valence-electron chi connectivity index (χ0n) is 16.2. The molecule has 0 spiro atoms. The second-order valence-corrected chi connectivity index (χ2v) is 8.65. The second kappa shape index (κ2) is 7.51. The van der Waals surface area contributed by atoms with Crippen LogP contribution < -0.4 is 0 Å². The van der Waals surface area contributed by atoms with Gasteiger partial charge in [-0.1, -0.05) is 30.3 Å². The number of fused-ring (bicyclic) bond motifs is 3. The molecular formula is C21H31N2O4+. The number of hydrogen-bond donors (Lipinski definition) is 1. The third-order valence-electron chi connectivity index (χ3n) is 6.63. The third kappa shape index (κ3) is 3.90. The van der Waals surface area contributed by atoms with E-state index in [1.165, 1.54) is 0 Å². The number of hydrogen-bond acceptors (Lipinski definition) is 5. The molecule has 4 heterocycles. The van der Waals surface area contributed by atoms with Crippen molar-refractivity contribution in [3.05, 3.63) is 35.9 Å². The number of rotatable bonds is 5. The summed E-state index contributed by atoms with van der Waals surface area (Å²) in [7, 11) is 2.24. The van der Waals surface area contributed by atoms with E-state index in [9.17, 15) is 9.90 Å². The molecular weight excluding hydrogens is 344 g/mol. The van der Waals surface area contributed by atoms with Gasteiger partial charge in [-0.25, -0.2) is 4.79 Å². The van der Waals surface area contributed by atoms with Crippen molar-refractivity contribution in [1.29, 1.82) is 0 Å². The SMILES string of the molecule is C[N+]12CCC(CC1)C(OC(=O)C(O)(CN1CCOCC1)c1ccccc1)C2. The summed E-state index contributed by atoms with van der Waals surface area (Å²) in [5.41, 5.74) is -1.05. The van der Waals surface area contributed by atoms with E-state index in [2.05, 4.69) is 11.9 Å². The number of benzene rings is 1. The Morgan fingerprint density at radius 2 is 1.93 bits per heavy atom. The van der Waals surface area contributed by atoms with Gasteiger partial charge in [-0.15, -0.1) is 0 Å². The fourth-order valence-electron chi connectivity index (χ4n) is 4.79. The molecule has 5 rings (SSSR count).